The van der Waals surface area contributed by atoms with E-state index in [0.29, 0.717) is 5.75 Å². The van der Waals surface area contributed by atoms with Gasteiger partial charge < -0.3 is 8.92 Å². The molecule has 0 spiro atoms. The van der Waals surface area contributed by atoms with Crippen LogP contribution in [0, 0.1) is 13.0 Å². The van der Waals surface area contributed by atoms with Crippen LogP contribution in [0.3, 0.4) is 0 Å². The smallest absolute Gasteiger partial charge is 0.315 e. The number of rotatable bonds is 6. The summed E-state index contributed by atoms with van der Waals surface area (Å²) in [6.07, 6.45) is 0. The second kappa shape index (κ2) is 9.41. The third kappa shape index (κ3) is 6.43. The van der Waals surface area contributed by atoms with Crippen molar-refractivity contribution in [2.24, 2.45) is 5.73 Å². The molecule has 0 saturated heterocycles. The summed E-state index contributed by atoms with van der Waals surface area (Å²) in [5, 5.41) is 5.52. The van der Waals surface area contributed by atoms with Crippen LogP contribution >= 0.6 is 11.8 Å². The number of hydrogen-bond donors (Lipinski definition) is 2. The summed E-state index contributed by atoms with van der Waals surface area (Å²) in [5.74, 6) is 0.831. The second-order valence-electron chi connectivity index (χ2n) is 4.55. The summed E-state index contributed by atoms with van der Waals surface area (Å²) < 4.78 is 35.0. The van der Waals surface area contributed by atoms with Crippen LogP contribution in [0.2, 0.25) is 0 Å². The first-order chi connectivity index (χ1) is 10.9. The summed E-state index contributed by atoms with van der Waals surface area (Å²) in [6, 6.07) is 13.7. The first-order valence-electron chi connectivity index (χ1n) is 6.53. The van der Waals surface area contributed by atoms with Crippen LogP contribution in [-0.4, -0.2) is 19.5 Å². The molecule has 6 nitrogen and oxygen atoms in total. The van der Waals surface area contributed by atoms with Crippen LogP contribution in [0.15, 0.2) is 47.4 Å². The Hall–Kier alpha value is -1.09. The molecule has 9 heteroatoms. The molecular weight excluding hydrogens is 425 g/mol. The number of ether oxygens (including phenoxy) is 1. The van der Waals surface area contributed by atoms with Crippen LogP contribution < -0.4 is 20.1 Å². The topological polar surface area (TPSA) is 104 Å². The Morgan fingerprint density at radius 1 is 1.29 bits per heavy atom. The Morgan fingerprint density at radius 2 is 2.00 bits per heavy atom. The number of thioether (sulfide) groups is 1. The predicted molar refractivity (Wildman–Crippen MR) is 88.5 cm³/mol. The molecule has 0 heterocycles. The van der Waals surface area contributed by atoms with Gasteiger partial charge in [0.05, 0.1) is 0 Å². The zero-order valence-corrected chi connectivity index (χ0v) is 17.4. The van der Waals surface area contributed by atoms with Gasteiger partial charge in [0.15, 0.2) is 0 Å². The first kappa shape index (κ1) is 21.0. The van der Waals surface area contributed by atoms with E-state index in [-0.39, 0.29) is 54.5 Å². The molecule has 2 aromatic rings. The molecule has 0 bridgehead atoms. The van der Waals surface area contributed by atoms with Gasteiger partial charge in [0.25, 0.3) is 0 Å². The van der Waals surface area contributed by atoms with Crippen LogP contribution in [0.5, 0.6) is 11.5 Å². The van der Waals surface area contributed by atoms with E-state index in [1.807, 2.05) is 0 Å². The van der Waals surface area contributed by atoms with Crippen LogP contribution in [0.25, 0.3) is 0 Å². The van der Waals surface area contributed by atoms with Crippen molar-refractivity contribution >= 4 is 27.0 Å². The molecule has 0 amide bonds. The van der Waals surface area contributed by atoms with Gasteiger partial charge in [-0.2, -0.15) is 32.7 Å². The average molecular weight is 441 g/mol. The van der Waals surface area contributed by atoms with Gasteiger partial charge in [-0.25, -0.2) is 0 Å². The van der Waals surface area contributed by atoms with Gasteiger partial charge in [0.1, 0.15) is 17.4 Å². The fourth-order valence-electron chi connectivity index (χ4n) is 1.71. The molecule has 4 N–H and O–H groups in total. The maximum atomic E-state index is 12.2. The fraction of sp³-hybridized carbons (Fsp3) is 0.133. The van der Waals surface area contributed by atoms with Crippen molar-refractivity contribution in [1.29, 1.82) is 0 Å². The van der Waals surface area contributed by atoms with Crippen molar-refractivity contribution in [2.75, 3.05) is 5.94 Å². The zero-order chi connectivity index (χ0) is 16.9. The van der Waals surface area contributed by atoms with Crippen LogP contribution in [-0.2, 0) is 42.8 Å². The molecule has 0 aliphatic rings. The Balaban J connectivity index is 0.00000288. The van der Waals surface area contributed by atoms with Crippen molar-refractivity contribution in [3.8, 4) is 11.5 Å². The molecule has 0 unspecified atom stereocenters. The predicted octanol–water partition coefficient (Wildman–Crippen LogP) is 0.704. The monoisotopic (exact) mass is 441 g/mol. The largest absolute Gasteiger partial charge is 0.482 e. The van der Waals surface area contributed by atoms with Crippen molar-refractivity contribution in [2.45, 2.75) is 11.8 Å². The number of benzene rings is 2. The van der Waals surface area contributed by atoms with Crippen molar-refractivity contribution in [1.82, 2.24) is 0 Å². The Kier molecular flexibility index (Phi) is 8.22. The molecular formula is C15H16N2O4S2Y. The Bertz CT molecular complexity index is 798. The van der Waals surface area contributed by atoms with E-state index >= 15 is 0 Å². The molecule has 0 atom stereocenters. The van der Waals surface area contributed by atoms with E-state index in [4.69, 9.17) is 20.1 Å². The molecule has 0 aliphatic heterocycles. The minimum Gasteiger partial charge on any atom is -0.482 e. The van der Waals surface area contributed by atoms with Crippen LogP contribution in [0.1, 0.15) is 5.56 Å². The van der Waals surface area contributed by atoms with Gasteiger partial charge in [-0.1, -0.05) is 0 Å². The molecule has 0 fully saturated rings. The van der Waals surface area contributed by atoms with Gasteiger partial charge in [-0.15, -0.1) is 6.07 Å². The zero-order valence-electron chi connectivity index (χ0n) is 12.9. The standard InChI is InChI=1S/C15H15N2O4S2.Y/c1-11-7-12(20-10-22-15(16)17)9-13(8-11)21-23(18,19)14-5-3-2-4-6-14;/h2-5,7-9H,10H2,1H3,(H3,16,17);/q-1;/p+1. The molecule has 0 saturated carbocycles. The van der Waals surface area contributed by atoms with Gasteiger partial charge in [-0.05, 0) is 29.5 Å². The fourth-order valence-corrected chi connectivity index (χ4v) is 2.94. The summed E-state index contributed by atoms with van der Waals surface area (Å²) in [4.78, 5) is -0.0370. The first-order valence-corrected chi connectivity index (χ1v) is 8.92. The minimum absolute atomic E-state index is 0. The van der Waals surface area contributed by atoms with Crippen molar-refractivity contribution in [3.63, 3.8) is 0 Å². The van der Waals surface area contributed by atoms with Gasteiger partial charge >= 0.3 is 15.3 Å². The number of nitrogens with two attached hydrogens (primary N) is 2. The van der Waals surface area contributed by atoms with Gasteiger partial charge in [0, 0.05) is 50.5 Å². The van der Waals surface area contributed by atoms with Crippen LogP contribution in [0.4, 0.5) is 0 Å². The van der Waals surface area contributed by atoms with Crippen molar-refractivity contribution in [3.05, 3.63) is 54.1 Å². The van der Waals surface area contributed by atoms with E-state index in [0.717, 1.165) is 17.3 Å². The Labute approximate surface area is 170 Å². The Morgan fingerprint density at radius 3 is 2.62 bits per heavy atom. The molecule has 125 valence electrons. The third-order valence-corrected chi connectivity index (χ3v) is 4.40. The summed E-state index contributed by atoms with van der Waals surface area (Å²) in [6.45, 7) is 1.80. The molecule has 0 aromatic heterocycles. The van der Waals surface area contributed by atoms with E-state index < -0.39 is 10.1 Å². The van der Waals surface area contributed by atoms with E-state index in [2.05, 4.69) is 6.07 Å². The minimum atomic E-state index is -3.94. The SMILES string of the molecule is Cc1cc(OCSC(N)=[NH2+])cc(OS(=O)(=O)c2[c-]cccc2)c1.[Y]. The number of aryl methyl sites for hydroxylation is 1. The average Bonchev–Trinajstić information content (AvgIpc) is 2.46. The van der Waals surface area contributed by atoms with Gasteiger partial charge in [-0.3, -0.25) is 11.1 Å². The number of hydrogen-bond acceptors (Lipinski definition) is 5. The third-order valence-electron chi connectivity index (χ3n) is 2.63. The summed E-state index contributed by atoms with van der Waals surface area (Å²) in [7, 11) is -3.94. The molecule has 24 heavy (non-hydrogen) atoms. The van der Waals surface area contributed by atoms with Gasteiger partial charge in [0.2, 0.25) is 0 Å². The maximum Gasteiger partial charge on any atom is 0.315 e. The normalized spacial score (nSPS) is 10.5. The second-order valence-corrected chi connectivity index (χ2v) is 7.07. The quantitative estimate of drug-likeness (QED) is 0.225. The summed E-state index contributed by atoms with van der Waals surface area (Å²) in [5.41, 5.74) is 6.13. The van der Waals surface area contributed by atoms with E-state index in [9.17, 15) is 8.42 Å². The molecule has 0 aliphatic carbocycles. The molecule has 1 radical (unpaired) electrons. The maximum absolute atomic E-state index is 12.2. The van der Waals surface area contributed by atoms with Crippen molar-refractivity contribution < 1.29 is 55.5 Å². The van der Waals surface area contributed by atoms with E-state index in [1.165, 1.54) is 18.2 Å². The molecule has 2 rings (SSSR count). The number of amidine groups is 1. The van der Waals surface area contributed by atoms with E-state index in [1.54, 1.807) is 31.2 Å². The summed E-state index contributed by atoms with van der Waals surface area (Å²) >= 11 is 1.13. The molecule has 2 aromatic carbocycles.